The Bertz CT molecular complexity index is 583. The molecule has 0 saturated carbocycles. The Kier molecular flexibility index (Phi) is 35.2. The van der Waals surface area contributed by atoms with Gasteiger partial charge in [-0.25, -0.2) is 4.79 Å². The van der Waals surface area contributed by atoms with Crippen LogP contribution in [0, 0.1) is 0 Å². The summed E-state index contributed by atoms with van der Waals surface area (Å²) in [7, 11) is 1.87. The van der Waals surface area contributed by atoms with Gasteiger partial charge in [0, 0.05) is 0 Å². The van der Waals surface area contributed by atoms with E-state index in [4.69, 9.17) is 5.73 Å². The van der Waals surface area contributed by atoms with E-state index in [1.807, 2.05) is 7.05 Å². The zero-order valence-corrected chi connectivity index (χ0v) is 30.5. The van der Waals surface area contributed by atoms with Crippen molar-refractivity contribution >= 4 is 12.0 Å². The predicted molar refractivity (Wildman–Crippen MR) is 196 cm³/mol. The number of guanidine groups is 1. The summed E-state index contributed by atoms with van der Waals surface area (Å²) >= 11 is 0. The zero-order valence-electron chi connectivity index (χ0n) is 30.5. The highest BCUT2D eigenvalue weighted by atomic mass is 16.2. The second kappa shape index (κ2) is 36.2. The van der Waals surface area contributed by atoms with Crippen LogP contribution in [0.5, 0.6) is 0 Å². The van der Waals surface area contributed by atoms with Gasteiger partial charge >= 0.3 is 12.0 Å². The van der Waals surface area contributed by atoms with Crippen molar-refractivity contribution in [2.24, 2.45) is 5.73 Å². The van der Waals surface area contributed by atoms with E-state index in [9.17, 15) is 4.79 Å². The lowest BCUT2D eigenvalue weighted by Gasteiger charge is -2.13. The summed E-state index contributed by atoms with van der Waals surface area (Å²) in [6.45, 7) is 6.55. The van der Waals surface area contributed by atoms with Crippen LogP contribution in [-0.2, 0) is 0 Å². The Morgan fingerprint density at radius 2 is 0.659 bits per heavy atom. The number of carbonyl (C=O) groups is 1. The van der Waals surface area contributed by atoms with Crippen LogP contribution in [0.1, 0.15) is 219 Å². The standard InChI is InChI=1S/C39H80N4O/c1-4-6-8-10-12-14-16-18-20-22-24-26-28-30-32-34-36-43(39(41-3)42-38(40)44)37-35-33-31-29-27-25-23-21-19-17-15-13-11-9-7-5-2/h4-37H2,1-3H3,(H3,40,41,42,44)/p+1. The number of urea groups is 1. The summed E-state index contributed by atoms with van der Waals surface area (Å²) in [4.78, 5) is 11.5. The number of carbonyl (C=O) groups excluding carboxylic acids is 1. The van der Waals surface area contributed by atoms with Gasteiger partial charge in [0.05, 0.1) is 20.1 Å². The molecule has 0 radical (unpaired) electrons. The van der Waals surface area contributed by atoms with Crippen molar-refractivity contribution in [1.29, 1.82) is 0 Å². The second-order valence-corrected chi connectivity index (χ2v) is 13.7. The van der Waals surface area contributed by atoms with Crippen molar-refractivity contribution in [1.82, 2.24) is 10.6 Å². The first-order chi connectivity index (χ1) is 21.7. The van der Waals surface area contributed by atoms with Crippen LogP contribution in [-0.4, -0.2) is 36.7 Å². The third-order valence-corrected chi connectivity index (χ3v) is 9.36. The van der Waals surface area contributed by atoms with Crippen molar-refractivity contribution in [2.75, 3.05) is 20.1 Å². The van der Waals surface area contributed by atoms with Crippen molar-refractivity contribution < 1.29 is 9.37 Å². The molecule has 0 fully saturated rings. The van der Waals surface area contributed by atoms with Crippen LogP contribution < -0.4 is 16.4 Å². The Labute approximate surface area is 276 Å². The number of amides is 2. The topological polar surface area (TPSA) is 70.2 Å². The summed E-state index contributed by atoms with van der Waals surface area (Å²) < 4.78 is 2.30. The van der Waals surface area contributed by atoms with Crippen LogP contribution in [0.15, 0.2) is 0 Å². The molecule has 2 amide bonds. The largest absolute Gasteiger partial charge is 0.377 e. The molecule has 5 nitrogen and oxygen atoms in total. The summed E-state index contributed by atoms with van der Waals surface area (Å²) in [5, 5.41) is 5.98. The first-order valence-corrected chi connectivity index (χ1v) is 20.0. The molecule has 0 aromatic carbocycles. The predicted octanol–water partition coefficient (Wildman–Crippen LogP) is 11.8. The van der Waals surface area contributed by atoms with Gasteiger partial charge < -0.3 is 5.73 Å². The Morgan fingerprint density at radius 3 is 0.864 bits per heavy atom. The molecule has 44 heavy (non-hydrogen) atoms. The third kappa shape index (κ3) is 32.1. The maximum absolute atomic E-state index is 11.5. The fourth-order valence-electron chi connectivity index (χ4n) is 6.45. The minimum absolute atomic E-state index is 0.488. The molecule has 0 unspecified atom stereocenters. The normalized spacial score (nSPS) is 11.2. The Morgan fingerprint density at radius 1 is 0.432 bits per heavy atom. The maximum atomic E-state index is 11.5. The van der Waals surface area contributed by atoms with E-state index in [0.29, 0.717) is 0 Å². The van der Waals surface area contributed by atoms with E-state index in [1.54, 1.807) is 0 Å². The van der Waals surface area contributed by atoms with Crippen LogP contribution in [0.3, 0.4) is 0 Å². The molecule has 0 aromatic rings. The molecule has 0 saturated heterocycles. The number of nitrogens with two attached hydrogens (primary N) is 1. The molecule has 0 aromatic heterocycles. The number of rotatable bonds is 34. The minimum atomic E-state index is -0.488. The van der Waals surface area contributed by atoms with Crippen molar-refractivity contribution in [3.05, 3.63) is 0 Å². The van der Waals surface area contributed by atoms with Gasteiger partial charge in [0.25, 0.3) is 0 Å². The molecule has 0 aliphatic heterocycles. The van der Waals surface area contributed by atoms with Gasteiger partial charge in [-0.1, -0.05) is 206 Å². The molecule has 0 aliphatic rings. The molecule has 262 valence electrons. The lowest BCUT2D eigenvalue weighted by atomic mass is 10.0. The molecule has 0 rings (SSSR count). The number of hydrogen-bond donors (Lipinski definition) is 3. The first-order valence-electron chi connectivity index (χ1n) is 20.0. The van der Waals surface area contributed by atoms with Crippen LogP contribution in [0.2, 0.25) is 0 Å². The van der Waals surface area contributed by atoms with Gasteiger partial charge in [-0.05, 0) is 12.8 Å². The van der Waals surface area contributed by atoms with E-state index in [0.717, 1.165) is 19.0 Å². The van der Waals surface area contributed by atoms with Gasteiger partial charge in [0.2, 0.25) is 0 Å². The highest BCUT2D eigenvalue weighted by molar-refractivity contribution is 5.92. The smallest absolute Gasteiger partial charge is 0.338 e. The maximum Gasteiger partial charge on any atom is 0.377 e. The van der Waals surface area contributed by atoms with Crippen molar-refractivity contribution in [3.63, 3.8) is 0 Å². The summed E-state index contributed by atoms with van der Waals surface area (Å²) in [6, 6.07) is -0.488. The Hall–Kier alpha value is -1.26. The lowest BCUT2D eigenvalue weighted by Crippen LogP contribution is -2.48. The number of nitrogens with zero attached hydrogens (tertiary/aromatic N) is 1. The SMILES string of the molecule is CCCCCCCCCCCCCCCCCC[N+](CCCCCCCCCCCCCCCCCC)=C(NC)NC(N)=O. The summed E-state index contributed by atoms with van der Waals surface area (Å²) in [5.41, 5.74) is 5.45. The first kappa shape index (κ1) is 42.7. The molecule has 0 atom stereocenters. The van der Waals surface area contributed by atoms with Gasteiger partial charge in [-0.2, -0.15) is 5.32 Å². The fourth-order valence-corrected chi connectivity index (χ4v) is 6.45. The third-order valence-electron chi connectivity index (χ3n) is 9.36. The molecule has 0 heterocycles. The quantitative estimate of drug-likeness (QED) is 0.0289. The number of hydrogen-bond acceptors (Lipinski definition) is 1. The van der Waals surface area contributed by atoms with E-state index in [1.165, 1.54) is 205 Å². The van der Waals surface area contributed by atoms with E-state index >= 15 is 0 Å². The average molecular weight is 622 g/mol. The molecule has 0 aliphatic carbocycles. The van der Waals surface area contributed by atoms with E-state index < -0.39 is 6.03 Å². The molecule has 0 bridgehead atoms. The molecular weight excluding hydrogens is 540 g/mol. The van der Waals surface area contributed by atoms with Gasteiger partial charge in [0.1, 0.15) is 0 Å². The fraction of sp³-hybridized carbons (Fsp3) is 0.949. The summed E-state index contributed by atoms with van der Waals surface area (Å²) in [6.07, 6.45) is 44.4. The van der Waals surface area contributed by atoms with Crippen LogP contribution >= 0.6 is 0 Å². The van der Waals surface area contributed by atoms with Gasteiger partial charge in [-0.15, -0.1) is 0 Å². The minimum Gasteiger partial charge on any atom is -0.338 e. The number of unbranched alkanes of at least 4 members (excludes halogenated alkanes) is 30. The zero-order chi connectivity index (χ0) is 32.2. The average Bonchev–Trinajstić information content (AvgIpc) is 3.02. The van der Waals surface area contributed by atoms with Gasteiger partial charge in [-0.3, -0.25) is 9.89 Å². The number of nitrogens with one attached hydrogen (secondary N) is 2. The molecule has 0 spiro atoms. The van der Waals surface area contributed by atoms with Crippen LogP contribution in [0.25, 0.3) is 0 Å². The second-order valence-electron chi connectivity index (χ2n) is 13.7. The van der Waals surface area contributed by atoms with Crippen LogP contribution in [0.4, 0.5) is 4.79 Å². The van der Waals surface area contributed by atoms with Crippen molar-refractivity contribution in [3.8, 4) is 0 Å². The highest BCUT2D eigenvalue weighted by Crippen LogP contribution is 2.15. The summed E-state index contributed by atoms with van der Waals surface area (Å²) in [5.74, 6) is 0.763. The monoisotopic (exact) mass is 622 g/mol. The van der Waals surface area contributed by atoms with E-state index in [2.05, 4.69) is 29.1 Å². The van der Waals surface area contributed by atoms with Crippen molar-refractivity contribution in [2.45, 2.75) is 219 Å². The highest BCUT2D eigenvalue weighted by Gasteiger charge is 2.13. The molecule has 5 heteroatoms. The number of primary amides is 1. The molecule has 4 N–H and O–H groups in total. The lowest BCUT2D eigenvalue weighted by molar-refractivity contribution is -0.532. The van der Waals surface area contributed by atoms with Gasteiger partial charge in [0.15, 0.2) is 0 Å². The molecular formula is C39H81N4O+. The van der Waals surface area contributed by atoms with E-state index in [-0.39, 0.29) is 0 Å². The Balaban J connectivity index is 3.84.